The molecule has 6 rings (SSSR count). The summed E-state index contributed by atoms with van der Waals surface area (Å²) in [4.78, 5) is 34.1. The second-order valence-electron chi connectivity index (χ2n) is 8.90. The molecule has 1 fully saturated rings. The fraction of sp³-hybridized carbons (Fsp3) is 0.259. The Labute approximate surface area is 191 Å². The maximum absolute atomic E-state index is 13.6. The van der Waals surface area contributed by atoms with Gasteiger partial charge in [0.15, 0.2) is 0 Å². The number of para-hydroxylation sites is 1. The van der Waals surface area contributed by atoms with Gasteiger partial charge in [0.1, 0.15) is 18.3 Å². The van der Waals surface area contributed by atoms with E-state index in [0.717, 1.165) is 35.0 Å². The van der Waals surface area contributed by atoms with Crippen molar-refractivity contribution in [3.63, 3.8) is 0 Å². The molecular weight excluding hydrogens is 414 g/mol. The highest BCUT2D eigenvalue weighted by molar-refractivity contribution is 5.97. The molecule has 6 nitrogen and oxygen atoms in total. The van der Waals surface area contributed by atoms with E-state index in [4.69, 9.17) is 4.42 Å². The fourth-order valence-electron chi connectivity index (χ4n) is 5.42. The second kappa shape index (κ2) is 7.96. The van der Waals surface area contributed by atoms with Crippen molar-refractivity contribution in [2.24, 2.45) is 0 Å². The normalized spacial score (nSPS) is 20.2. The van der Waals surface area contributed by atoms with Crippen LogP contribution in [0.3, 0.4) is 0 Å². The highest BCUT2D eigenvalue weighted by Gasteiger charge is 2.47. The number of aromatic amines is 1. The lowest BCUT2D eigenvalue weighted by Crippen LogP contribution is -2.62. The van der Waals surface area contributed by atoms with E-state index in [1.165, 1.54) is 5.56 Å². The van der Waals surface area contributed by atoms with Crippen LogP contribution in [-0.2, 0) is 29.0 Å². The van der Waals surface area contributed by atoms with Gasteiger partial charge in [-0.1, -0.05) is 48.5 Å². The van der Waals surface area contributed by atoms with E-state index < -0.39 is 6.04 Å². The number of fused-ring (bicyclic) bond motifs is 4. The van der Waals surface area contributed by atoms with Crippen molar-refractivity contribution in [1.82, 2.24) is 14.8 Å². The van der Waals surface area contributed by atoms with E-state index in [-0.39, 0.29) is 24.4 Å². The Balaban J connectivity index is 1.38. The zero-order chi connectivity index (χ0) is 22.4. The topological polar surface area (TPSA) is 69.6 Å². The standard InChI is InChI=1S/C27H25N3O3/c31-25-17-29(16-19-9-6-14-33-19)27(32)24-15-21-20-10-4-5-11-22(20)28-26(21)23(30(24)25)13-12-18-7-2-1-3-8-18/h1-11,14,23-24,28H,12-13,15-17H2/t23-,24-/m1/s1. The Morgan fingerprint density at radius 2 is 1.79 bits per heavy atom. The van der Waals surface area contributed by atoms with Gasteiger partial charge in [-0.05, 0) is 42.2 Å². The molecule has 2 aromatic heterocycles. The van der Waals surface area contributed by atoms with Gasteiger partial charge in [-0.3, -0.25) is 9.59 Å². The van der Waals surface area contributed by atoms with Gasteiger partial charge >= 0.3 is 0 Å². The van der Waals surface area contributed by atoms with Crippen LogP contribution in [0, 0.1) is 0 Å². The Kier molecular flexibility index (Phi) is 4.79. The average molecular weight is 440 g/mol. The van der Waals surface area contributed by atoms with Crippen molar-refractivity contribution in [2.75, 3.05) is 6.54 Å². The van der Waals surface area contributed by atoms with E-state index in [2.05, 4.69) is 29.2 Å². The fourth-order valence-corrected chi connectivity index (χ4v) is 5.42. The van der Waals surface area contributed by atoms with Crippen LogP contribution >= 0.6 is 0 Å². The third-order valence-electron chi connectivity index (χ3n) is 6.94. The lowest BCUT2D eigenvalue weighted by atomic mass is 9.86. The Bertz CT molecular complexity index is 1310. The first-order chi connectivity index (χ1) is 16.2. The molecule has 0 unspecified atom stereocenters. The number of amides is 2. The zero-order valence-electron chi connectivity index (χ0n) is 18.2. The van der Waals surface area contributed by atoms with Gasteiger partial charge < -0.3 is 19.2 Å². The summed E-state index contributed by atoms with van der Waals surface area (Å²) in [5, 5.41) is 1.14. The van der Waals surface area contributed by atoms with Crippen molar-refractivity contribution in [3.8, 4) is 0 Å². The van der Waals surface area contributed by atoms with Crippen LogP contribution in [0.25, 0.3) is 10.9 Å². The molecule has 0 spiro atoms. The van der Waals surface area contributed by atoms with E-state index in [1.807, 2.05) is 41.3 Å². The molecule has 166 valence electrons. The number of benzene rings is 2. The lowest BCUT2D eigenvalue weighted by molar-refractivity contribution is -0.160. The summed E-state index contributed by atoms with van der Waals surface area (Å²) in [6.07, 6.45) is 3.72. The van der Waals surface area contributed by atoms with Crippen molar-refractivity contribution < 1.29 is 14.0 Å². The van der Waals surface area contributed by atoms with Crippen molar-refractivity contribution in [1.29, 1.82) is 0 Å². The molecule has 1 N–H and O–H groups in total. The largest absolute Gasteiger partial charge is 0.467 e. The molecule has 2 aliphatic heterocycles. The zero-order valence-corrected chi connectivity index (χ0v) is 18.2. The number of carbonyl (C=O) groups excluding carboxylic acids is 2. The molecule has 2 amide bonds. The summed E-state index contributed by atoms with van der Waals surface area (Å²) in [5.74, 6) is 0.675. The van der Waals surface area contributed by atoms with Crippen LogP contribution in [0.1, 0.15) is 35.0 Å². The molecule has 4 heterocycles. The molecule has 2 aliphatic rings. The van der Waals surface area contributed by atoms with Crippen LogP contribution in [0.4, 0.5) is 0 Å². The summed E-state index contributed by atoms with van der Waals surface area (Å²) >= 11 is 0. The third-order valence-corrected chi connectivity index (χ3v) is 6.94. The molecule has 0 bridgehead atoms. The minimum Gasteiger partial charge on any atom is -0.467 e. The smallest absolute Gasteiger partial charge is 0.246 e. The quantitative estimate of drug-likeness (QED) is 0.506. The predicted molar refractivity (Wildman–Crippen MR) is 124 cm³/mol. The number of nitrogens with zero attached hydrogens (tertiary/aromatic N) is 2. The maximum Gasteiger partial charge on any atom is 0.246 e. The monoisotopic (exact) mass is 439 g/mol. The van der Waals surface area contributed by atoms with Crippen LogP contribution in [0.15, 0.2) is 77.4 Å². The van der Waals surface area contributed by atoms with Crippen molar-refractivity contribution in [3.05, 3.63) is 95.6 Å². The molecule has 0 saturated carbocycles. The first-order valence-electron chi connectivity index (χ1n) is 11.4. The number of H-pyrrole nitrogens is 1. The SMILES string of the molecule is O=C1[C@H]2Cc3c([nH]c4ccccc34)[C@@H](CCc3ccccc3)N2C(=O)CN1Cc1ccco1. The highest BCUT2D eigenvalue weighted by Crippen LogP contribution is 2.41. The minimum absolute atomic E-state index is 0.00600. The Morgan fingerprint density at radius 1 is 0.970 bits per heavy atom. The number of aromatic nitrogens is 1. The summed E-state index contributed by atoms with van der Waals surface area (Å²) in [5.41, 5.74) is 4.52. The van der Waals surface area contributed by atoms with E-state index >= 15 is 0 Å². The number of nitrogens with one attached hydrogen (secondary N) is 1. The summed E-state index contributed by atoms with van der Waals surface area (Å²) < 4.78 is 5.44. The molecule has 0 aliphatic carbocycles. The molecule has 2 atom stereocenters. The predicted octanol–water partition coefficient (Wildman–Crippen LogP) is 4.23. The number of furan rings is 1. The van der Waals surface area contributed by atoms with Crippen molar-refractivity contribution >= 4 is 22.7 Å². The molecule has 2 aromatic carbocycles. The molecule has 33 heavy (non-hydrogen) atoms. The number of piperazine rings is 1. The van der Waals surface area contributed by atoms with Gasteiger partial charge in [-0.15, -0.1) is 0 Å². The Morgan fingerprint density at radius 3 is 2.61 bits per heavy atom. The van der Waals surface area contributed by atoms with Gasteiger partial charge in [0.2, 0.25) is 11.8 Å². The summed E-state index contributed by atoms with van der Waals surface area (Å²) in [6.45, 7) is 0.394. The van der Waals surface area contributed by atoms with Gasteiger partial charge in [0, 0.05) is 23.0 Å². The summed E-state index contributed by atoms with van der Waals surface area (Å²) in [6, 6.07) is 21.5. The van der Waals surface area contributed by atoms with Crippen molar-refractivity contribution in [2.45, 2.75) is 37.9 Å². The van der Waals surface area contributed by atoms with Gasteiger partial charge in [0.05, 0.1) is 18.8 Å². The highest BCUT2D eigenvalue weighted by atomic mass is 16.3. The first kappa shape index (κ1) is 19.9. The van der Waals surface area contributed by atoms with Gasteiger partial charge in [-0.25, -0.2) is 0 Å². The maximum atomic E-state index is 13.6. The molecular formula is C27H25N3O3. The number of carbonyl (C=O) groups is 2. The molecule has 6 heteroatoms. The van der Waals surface area contributed by atoms with Gasteiger partial charge in [-0.2, -0.15) is 0 Å². The van der Waals surface area contributed by atoms with Crippen LogP contribution in [-0.4, -0.2) is 39.2 Å². The number of aryl methyl sites for hydroxylation is 1. The van der Waals surface area contributed by atoms with Gasteiger partial charge in [0.25, 0.3) is 0 Å². The van der Waals surface area contributed by atoms with E-state index in [1.54, 1.807) is 17.2 Å². The first-order valence-corrected chi connectivity index (χ1v) is 11.4. The summed E-state index contributed by atoms with van der Waals surface area (Å²) in [7, 11) is 0. The number of hydrogen-bond acceptors (Lipinski definition) is 3. The number of hydrogen-bond donors (Lipinski definition) is 1. The van der Waals surface area contributed by atoms with Crippen LogP contribution in [0.2, 0.25) is 0 Å². The average Bonchev–Trinajstić information content (AvgIpc) is 3.48. The Hall–Kier alpha value is -3.80. The number of rotatable bonds is 5. The lowest BCUT2D eigenvalue weighted by Gasteiger charge is -2.47. The molecule has 1 saturated heterocycles. The van der Waals surface area contributed by atoms with Crippen LogP contribution in [0.5, 0.6) is 0 Å². The van der Waals surface area contributed by atoms with E-state index in [0.29, 0.717) is 18.7 Å². The minimum atomic E-state index is -0.492. The van der Waals surface area contributed by atoms with E-state index in [9.17, 15) is 9.59 Å². The second-order valence-corrected chi connectivity index (χ2v) is 8.90. The van der Waals surface area contributed by atoms with Crippen LogP contribution < -0.4 is 0 Å². The third kappa shape index (κ3) is 3.42. The molecule has 4 aromatic rings. The molecule has 0 radical (unpaired) electrons.